The summed E-state index contributed by atoms with van der Waals surface area (Å²) in [5.41, 5.74) is 5.15. The molecule has 0 radical (unpaired) electrons. The molecule has 0 aromatic rings. The van der Waals surface area contributed by atoms with Crippen molar-refractivity contribution in [2.24, 2.45) is 17.6 Å². The van der Waals surface area contributed by atoms with E-state index in [2.05, 4.69) is 0 Å². The molecule has 2 unspecified atom stereocenters. The van der Waals surface area contributed by atoms with Crippen LogP contribution in [-0.2, 0) is 0 Å². The van der Waals surface area contributed by atoms with Gasteiger partial charge >= 0.3 is 6.18 Å². The Labute approximate surface area is 88.6 Å². The van der Waals surface area contributed by atoms with Crippen LogP contribution in [0.2, 0.25) is 0 Å². The molecule has 1 fully saturated rings. The molecule has 2 N–H and O–H groups in total. The fraction of sp³-hybridized carbons (Fsp3) is 1.00. The van der Waals surface area contributed by atoms with E-state index in [-0.39, 0.29) is 19.1 Å². The predicted octanol–water partition coefficient (Wildman–Crippen LogP) is 1.85. The number of nitrogens with two attached hydrogens (primary N) is 1. The summed E-state index contributed by atoms with van der Waals surface area (Å²) in [5.74, 6) is -0.814. The Balaban J connectivity index is 2.43. The summed E-state index contributed by atoms with van der Waals surface area (Å²) in [6.45, 7) is 1.67. The highest BCUT2D eigenvalue weighted by Gasteiger charge is 2.40. The van der Waals surface area contributed by atoms with Gasteiger partial charge in [-0.2, -0.15) is 13.2 Å². The Kier molecular flexibility index (Phi) is 4.00. The first-order valence-electron chi connectivity index (χ1n) is 5.33. The molecular weight excluding hydrogens is 205 g/mol. The van der Waals surface area contributed by atoms with E-state index >= 15 is 0 Å². The number of hydrogen-bond acceptors (Lipinski definition) is 2. The lowest BCUT2D eigenvalue weighted by Gasteiger charge is -2.29. The van der Waals surface area contributed by atoms with E-state index in [1.54, 1.807) is 11.9 Å². The highest BCUT2D eigenvalue weighted by Crippen LogP contribution is 2.35. The fourth-order valence-electron chi connectivity index (χ4n) is 1.76. The van der Waals surface area contributed by atoms with Gasteiger partial charge in [-0.15, -0.1) is 0 Å². The minimum Gasteiger partial charge on any atom is -0.330 e. The number of hydrogen-bond donors (Lipinski definition) is 1. The predicted molar refractivity (Wildman–Crippen MR) is 53.4 cm³/mol. The minimum atomic E-state index is -4.17. The van der Waals surface area contributed by atoms with Crippen molar-refractivity contribution < 1.29 is 13.2 Å². The number of rotatable bonds is 5. The van der Waals surface area contributed by atoms with E-state index in [1.807, 2.05) is 6.92 Å². The molecule has 0 spiro atoms. The first-order valence-corrected chi connectivity index (χ1v) is 5.33. The lowest BCUT2D eigenvalue weighted by molar-refractivity contribution is -0.176. The SMILES string of the molecule is CC(C1CC1)N(C)CC(CN)C(F)(F)F. The summed E-state index contributed by atoms with van der Waals surface area (Å²) in [7, 11) is 1.75. The van der Waals surface area contributed by atoms with Crippen LogP contribution >= 0.6 is 0 Å². The highest BCUT2D eigenvalue weighted by molar-refractivity contribution is 4.85. The minimum absolute atomic E-state index is 0.0116. The molecule has 5 heteroatoms. The van der Waals surface area contributed by atoms with E-state index in [4.69, 9.17) is 5.73 Å². The van der Waals surface area contributed by atoms with Gasteiger partial charge in [0.15, 0.2) is 0 Å². The van der Waals surface area contributed by atoms with E-state index in [0.29, 0.717) is 5.92 Å². The smallest absolute Gasteiger partial charge is 0.330 e. The van der Waals surface area contributed by atoms with Gasteiger partial charge < -0.3 is 10.6 Å². The molecular formula is C10H19F3N2. The second-order valence-corrected chi connectivity index (χ2v) is 4.49. The Bertz CT molecular complexity index is 201. The van der Waals surface area contributed by atoms with Crippen LogP contribution < -0.4 is 5.73 Å². The Morgan fingerprint density at radius 2 is 1.93 bits per heavy atom. The molecule has 2 nitrogen and oxygen atoms in total. The van der Waals surface area contributed by atoms with Crippen LogP contribution in [0, 0.1) is 11.8 Å². The second kappa shape index (κ2) is 4.70. The van der Waals surface area contributed by atoms with Crippen molar-refractivity contribution in [2.45, 2.75) is 32.0 Å². The molecule has 0 bridgehead atoms. The van der Waals surface area contributed by atoms with E-state index in [0.717, 1.165) is 12.8 Å². The van der Waals surface area contributed by atoms with E-state index < -0.39 is 12.1 Å². The van der Waals surface area contributed by atoms with Gasteiger partial charge in [0, 0.05) is 19.1 Å². The maximum absolute atomic E-state index is 12.5. The maximum atomic E-state index is 12.5. The Morgan fingerprint density at radius 3 is 2.27 bits per heavy atom. The molecule has 1 rings (SSSR count). The Hall–Kier alpha value is -0.290. The van der Waals surface area contributed by atoms with E-state index in [1.165, 1.54) is 0 Å². The van der Waals surface area contributed by atoms with Gasteiger partial charge in [-0.25, -0.2) is 0 Å². The summed E-state index contributed by atoms with van der Waals surface area (Å²) in [6, 6.07) is 0.237. The normalized spacial score (nSPS) is 21.8. The molecule has 15 heavy (non-hydrogen) atoms. The van der Waals surface area contributed by atoms with Crippen molar-refractivity contribution in [1.29, 1.82) is 0 Å². The van der Waals surface area contributed by atoms with Crippen molar-refractivity contribution in [3.63, 3.8) is 0 Å². The lowest BCUT2D eigenvalue weighted by atomic mass is 10.1. The second-order valence-electron chi connectivity index (χ2n) is 4.49. The van der Waals surface area contributed by atoms with Crippen LogP contribution in [0.5, 0.6) is 0 Å². The standard InChI is InChI=1S/C10H19F3N2/c1-7(8-3-4-8)15(2)6-9(5-14)10(11,12)13/h7-9H,3-6,14H2,1-2H3. The quantitative estimate of drug-likeness (QED) is 0.772. The molecule has 0 amide bonds. The van der Waals surface area contributed by atoms with Crippen molar-refractivity contribution >= 4 is 0 Å². The van der Waals surface area contributed by atoms with Crippen LogP contribution in [0.25, 0.3) is 0 Å². The summed E-state index contributed by atoms with van der Waals surface area (Å²) >= 11 is 0. The molecule has 1 saturated carbocycles. The molecule has 0 aromatic heterocycles. The van der Waals surface area contributed by atoms with Crippen LogP contribution in [0.3, 0.4) is 0 Å². The largest absolute Gasteiger partial charge is 0.394 e. The van der Waals surface area contributed by atoms with Crippen LogP contribution in [0.4, 0.5) is 13.2 Å². The zero-order chi connectivity index (χ0) is 11.6. The third-order valence-corrected chi connectivity index (χ3v) is 3.26. The third-order valence-electron chi connectivity index (χ3n) is 3.26. The van der Waals surface area contributed by atoms with Crippen LogP contribution in [0.15, 0.2) is 0 Å². The van der Waals surface area contributed by atoms with Crippen molar-refractivity contribution in [1.82, 2.24) is 4.90 Å². The highest BCUT2D eigenvalue weighted by atomic mass is 19.4. The van der Waals surface area contributed by atoms with Crippen LogP contribution in [-0.4, -0.2) is 37.3 Å². The molecule has 0 aromatic carbocycles. The molecule has 1 aliphatic carbocycles. The van der Waals surface area contributed by atoms with Crippen molar-refractivity contribution in [2.75, 3.05) is 20.1 Å². The van der Waals surface area contributed by atoms with Gasteiger partial charge in [0.1, 0.15) is 0 Å². The van der Waals surface area contributed by atoms with Gasteiger partial charge in [-0.1, -0.05) is 0 Å². The number of alkyl halides is 3. The summed E-state index contributed by atoms with van der Waals surface area (Å²) in [6.07, 6.45) is -1.89. The fourth-order valence-corrected chi connectivity index (χ4v) is 1.76. The average molecular weight is 224 g/mol. The molecule has 0 aliphatic heterocycles. The average Bonchev–Trinajstić information content (AvgIpc) is 2.93. The molecule has 2 atom stereocenters. The summed E-state index contributed by atoms with van der Waals surface area (Å²) in [4.78, 5) is 1.78. The first-order chi connectivity index (χ1) is 6.86. The molecule has 0 saturated heterocycles. The summed E-state index contributed by atoms with van der Waals surface area (Å²) < 4.78 is 37.4. The number of halogens is 3. The lowest BCUT2D eigenvalue weighted by Crippen LogP contribution is -2.43. The monoisotopic (exact) mass is 224 g/mol. The zero-order valence-electron chi connectivity index (χ0n) is 9.22. The van der Waals surface area contributed by atoms with Gasteiger partial charge in [-0.3, -0.25) is 0 Å². The maximum Gasteiger partial charge on any atom is 0.394 e. The van der Waals surface area contributed by atoms with Gasteiger partial charge in [-0.05, 0) is 32.7 Å². The van der Waals surface area contributed by atoms with Crippen molar-refractivity contribution in [3.8, 4) is 0 Å². The Morgan fingerprint density at radius 1 is 1.40 bits per heavy atom. The van der Waals surface area contributed by atoms with Crippen LogP contribution in [0.1, 0.15) is 19.8 Å². The third kappa shape index (κ3) is 3.65. The van der Waals surface area contributed by atoms with Crippen molar-refractivity contribution in [3.05, 3.63) is 0 Å². The first kappa shape index (κ1) is 12.8. The van der Waals surface area contributed by atoms with Gasteiger partial charge in [0.2, 0.25) is 0 Å². The van der Waals surface area contributed by atoms with E-state index in [9.17, 15) is 13.2 Å². The topological polar surface area (TPSA) is 29.3 Å². The van der Waals surface area contributed by atoms with Gasteiger partial charge in [0.05, 0.1) is 5.92 Å². The molecule has 90 valence electrons. The number of nitrogens with zero attached hydrogens (tertiary/aromatic N) is 1. The molecule has 0 heterocycles. The van der Waals surface area contributed by atoms with Gasteiger partial charge in [0.25, 0.3) is 0 Å². The summed E-state index contributed by atoms with van der Waals surface area (Å²) in [5, 5.41) is 0. The zero-order valence-corrected chi connectivity index (χ0v) is 9.22. The molecule has 1 aliphatic rings.